The van der Waals surface area contributed by atoms with Crippen molar-refractivity contribution in [3.05, 3.63) is 46.4 Å². The van der Waals surface area contributed by atoms with Gasteiger partial charge in [-0.25, -0.2) is 9.78 Å². The highest BCUT2D eigenvalue weighted by Gasteiger charge is 2.01. The number of nitrogens with one attached hydrogen (secondary N) is 1. The van der Waals surface area contributed by atoms with Gasteiger partial charge in [0.2, 0.25) is 0 Å². The van der Waals surface area contributed by atoms with Crippen LogP contribution in [0.25, 0.3) is 17.1 Å². The predicted molar refractivity (Wildman–Crippen MR) is 59.0 cm³/mol. The Balaban J connectivity index is 2.59. The molecule has 0 aliphatic carbocycles. The van der Waals surface area contributed by atoms with E-state index in [2.05, 4.69) is 9.97 Å². The molecular weight excluding hydrogens is 208 g/mol. The minimum atomic E-state index is -1.12. The highest BCUT2D eigenvalue weighted by Crippen LogP contribution is 2.06. The van der Waals surface area contributed by atoms with Crippen LogP contribution in [0.4, 0.5) is 0 Å². The van der Waals surface area contributed by atoms with Crippen LogP contribution in [0.1, 0.15) is 5.69 Å². The summed E-state index contributed by atoms with van der Waals surface area (Å²) < 4.78 is 0. The first-order valence-corrected chi connectivity index (χ1v) is 4.57. The summed E-state index contributed by atoms with van der Waals surface area (Å²) in [6, 6.07) is 7.04. The fourth-order valence-corrected chi connectivity index (χ4v) is 1.31. The maximum atomic E-state index is 11.5. The summed E-state index contributed by atoms with van der Waals surface area (Å²) in [5, 5.41) is 8.45. The molecule has 0 bridgehead atoms. The Bertz CT molecular complexity index is 628. The first-order chi connectivity index (χ1) is 7.66. The Morgan fingerprint density at radius 1 is 1.38 bits per heavy atom. The fourth-order valence-electron chi connectivity index (χ4n) is 1.31. The highest BCUT2D eigenvalue weighted by molar-refractivity contribution is 5.85. The molecule has 0 amide bonds. The van der Waals surface area contributed by atoms with Crippen LogP contribution in [0.5, 0.6) is 0 Å². The van der Waals surface area contributed by atoms with Gasteiger partial charge < -0.3 is 10.1 Å². The largest absolute Gasteiger partial charge is 0.478 e. The molecule has 1 aromatic heterocycles. The second kappa shape index (κ2) is 3.98. The van der Waals surface area contributed by atoms with Crippen molar-refractivity contribution < 1.29 is 9.90 Å². The lowest BCUT2D eigenvalue weighted by Gasteiger charge is -1.97. The van der Waals surface area contributed by atoms with E-state index in [0.717, 1.165) is 6.08 Å². The average molecular weight is 216 g/mol. The number of hydrogen-bond acceptors (Lipinski definition) is 3. The van der Waals surface area contributed by atoms with Gasteiger partial charge in [0.05, 0.1) is 11.0 Å². The van der Waals surface area contributed by atoms with Gasteiger partial charge in [-0.15, -0.1) is 0 Å². The first kappa shape index (κ1) is 10.1. The first-order valence-electron chi connectivity index (χ1n) is 4.57. The number of rotatable bonds is 2. The number of benzene rings is 1. The van der Waals surface area contributed by atoms with Gasteiger partial charge in [0.25, 0.3) is 5.56 Å². The molecule has 0 unspecified atom stereocenters. The number of aromatic amines is 1. The number of hydrogen-bond donors (Lipinski definition) is 2. The molecule has 2 aromatic rings. The molecule has 0 fully saturated rings. The van der Waals surface area contributed by atoms with Gasteiger partial charge in [0, 0.05) is 6.08 Å². The molecule has 0 saturated heterocycles. The number of H-pyrrole nitrogens is 1. The predicted octanol–water partition coefficient (Wildman–Crippen LogP) is 1.02. The molecule has 1 aromatic carbocycles. The van der Waals surface area contributed by atoms with E-state index in [1.165, 1.54) is 6.08 Å². The summed E-state index contributed by atoms with van der Waals surface area (Å²) >= 11 is 0. The molecule has 0 radical (unpaired) electrons. The molecule has 80 valence electrons. The Morgan fingerprint density at radius 2 is 2.12 bits per heavy atom. The van der Waals surface area contributed by atoms with Crippen molar-refractivity contribution in [2.45, 2.75) is 0 Å². The van der Waals surface area contributed by atoms with Crippen molar-refractivity contribution in [1.82, 2.24) is 9.97 Å². The summed E-state index contributed by atoms with van der Waals surface area (Å²) in [4.78, 5) is 28.5. The second-order valence-electron chi connectivity index (χ2n) is 3.14. The third kappa shape index (κ3) is 1.98. The van der Waals surface area contributed by atoms with Crippen LogP contribution >= 0.6 is 0 Å². The lowest BCUT2D eigenvalue weighted by Crippen LogP contribution is -2.11. The number of carboxylic acid groups (broad SMARTS) is 1. The summed E-state index contributed by atoms with van der Waals surface area (Å²) in [5.74, 6) is -1.12. The van der Waals surface area contributed by atoms with E-state index >= 15 is 0 Å². The van der Waals surface area contributed by atoms with Gasteiger partial charge in [0.15, 0.2) is 0 Å². The zero-order valence-corrected chi connectivity index (χ0v) is 8.18. The smallest absolute Gasteiger partial charge is 0.328 e. The molecule has 0 atom stereocenters. The van der Waals surface area contributed by atoms with Gasteiger partial charge in [-0.3, -0.25) is 4.79 Å². The van der Waals surface area contributed by atoms with Gasteiger partial charge >= 0.3 is 5.97 Å². The van der Waals surface area contributed by atoms with Crippen molar-refractivity contribution >= 4 is 23.1 Å². The van der Waals surface area contributed by atoms with Crippen molar-refractivity contribution in [3.8, 4) is 0 Å². The summed E-state index contributed by atoms with van der Waals surface area (Å²) in [7, 11) is 0. The van der Waals surface area contributed by atoms with Gasteiger partial charge in [-0.1, -0.05) is 12.1 Å². The van der Waals surface area contributed by atoms with E-state index < -0.39 is 11.5 Å². The van der Waals surface area contributed by atoms with Crippen molar-refractivity contribution in [2.75, 3.05) is 0 Å². The molecule has 2 N–H and O–H groups in total. The minimum Gasteiger partial charge on any atom is -0.478 e. The fraction of sp³-hybridized carbons (Fsp3) is 0. The topological polar surface area (TPSA) is 83.0 Å². The molecule has 1 heterocycles. The van der Waals surface area contributed by atoms with Crippen molar-refractivity contribution in [2.24, 2.45) is 0 Å². The normalized spacial score (nSPS) is 11.0. The average Bonchev–Trinajstić information content (AvgIpc) is 2.26. The maximum Gasteiger partial charge on any atom is 0.328 e. The van der Waals surface area contributed by atoms with Crippen molar-refractivity contribution in [3.63, 3.8) is 0 Å². The second-order valence-corrected chi connectivity index (χ2v) is 3.14. The summed E-state index contributed by atoms with van der Waals surface area (Å²) in [5.41, 5.74) is 0.921. The highest BCUT2D eigenvalue weighted by atomic mass is 16.4. The van der Waals surface area contributed by atoms with Crippen LogP contribution in [0.2, 0.25) is 0 Å². The lowest BCUT2D eigenvalue weighted by molar-refractivity contribution is -0.131. The van der Waals surface area contributed by atoms with E-state index in [1.807, 2.05) is 0 Å². The monoisotopic (exact) mass is 216 g/mol. The van der Waals surface area contributed by atoms with Gasteiger partial charge in [-0.05, 0) is 18.2 Å². The third-order valence-electron chi connectivity index (χ3n) is 2.01. The molecule has 0 saturated carbocycles. The number of aromatic nitrogens is 2. The van der Waals surface area contributed by atoms with Crippen LogP contribution in [-0.4, -0.2) is 21.0 Å². The van der Waals surface area contributed by atoms with E-state index in [1.54, 1.807) is 24.3 Å². The number of para-hydroxylation sites is 2. The zero-order chi connectivity index (χ0) is 11.5. The molecule has 5 heteroatoms. The lowest BCUT2D eigenvalue weighted by atomic mass is 10.3. The molecule has 5 nitrogen and oxygen atoms in total. The molecule has 0 aliphatic heterocycles. The Kier molecular flexibility index (Phi) is 2.51. The molecule has 0 spiro atoms. The Hall–Kier alpha value is -2.43. The summed E-state index contributed by atoms with van der Waals surface area (Å²) in [6.45, 7) is 0. The quantitative estimate of drug-likeness (QED) is 0.734. The minimum absolute atomic E-state index is 0.0844. The number of fused-ring (bicyclic) bond motifs is 1. The Labute approximate surface area is 90.1 Å². The van der Waals surface area contributed by atoms with Crippen LogP contribution in [0.15, 0.2) is 35.1 Å². The van der Waals surface area contributed by atoms with E-state index in [0.29, 0.717) is 11.0 Å². The van der Waals surface area contributed by atoms with Crippen LogP contribution in [0.3, 0.4) is 0 Å². The number of nitrogens with zero attached hydrogens (tertiary/aromatic N) is 1. The summed E-state index contributed by atoms with van der Waals surface area (Å²) in [6.07, 6.45) is 2.06. The van der Waals surface area contributed by atoms with E-state index in [4.69, 9.17) is 5.11 Å². The van der Waals surface area contributed by atoms with Crippen LogP contribution < -0.4 is 5.56 Å². The van der Waals surface area contributed by atoms with Gasteiger partial charge in [-0.2, -0.15) is 0 Å². The van der Waals surface area contributed by atoms with Crippen LogP contribution in [0, 0.1) is 0 Å². The van der Waals surface area contributed by atoms with E-state index in [9.17, 15) is 9.59 Å². The zero-order valence-electron chi connectivity index (χ0n) is 8.18. The Morgan fingerprint density at radius 3 is 2.88 bits per heavy atom. The molecule has 2 rings (SSSR count). The van der Waals surface area contributed by atoms with Crippen LogP contribution in [-0.2, 0) is 4.79 Å². The molecule has 0 aliphatic rings. The van der Waals surface area contributed by atoms with E-state index in [-0.39, 0.29) is 5.69 Å². The number of carboxylic acids is 1. The SMILES string of the molecule is O=C(O)C=Cc1nc2ccccc2[nH]c1=O. The van der Waals surface area contributed by atoms with Gasteiger partial charge in [0.1, 0.15) is 5.69 Å². The number of carbonyl (C=O) groups is 1. The number of aliphatic carboxylic acids is 1. The maximum absolute atomic E-state index is 11.5. The third-order valence-corrected chi connectivity index (χ3v) is 2.01. The standard InChI is InChI=1S/C11H8N2O3/c14-10(15)6-5-9-11(16)13-8-4-2-1-3-7(8)12-9/h1-6H,(H,13,16)(H,14,15). The van der Waals surface area contributed by atoms with Crippen molar-refractivity contribution in [1.29, 1.82) is 0 Å². The molecular formula is C11H8N2O3. The molecule has 16 heavy (non-hydrogen) atoms.